The minimum atomic E-state index is -0.827. The second kappa shape index (κ2) is 12.2. The molecular formula is C22H26N2O7. The Morgan fingerprint density at radius 3 is 2.52 bits per heavy atom. The molecule has 9 heteroatoms. The summed E-state index contributed by atoms with van der Waals surface area (Å²) in [5.41, 5.74) is 1.84. The van der Waals surface area contributed by atoms with Gasteiger partial charge in [0, 0.05) is 6.54 Å². The highest BCUT2D eigenvalue weighted by atomic mass is 16.5. The van der Waals surface area contributed by atoms with Crippen molar-refractivity contribution in [2.24, 2.45) is 0 Å². The van der Waals surface area contributed by atoms with Gasteiger partial charge < -0.3 is 30.0 Å². The summed E-state index contributed by atoms with van der Waals surface area (Å²) in [5.74, 6) is 0.546. The molecule has 0 aliphatic carbocycles. The fraction of sp³-hybridized carbons (Fsp3) is 0.318. The number of carbonyl (C=O) groups is 3. The summed E-state index contributed by atoms with van der Waals surface area (Å²) in [7, 11) is 3.08. The van der Waals surface area contributed by atoms with Crippen molar-refractivity contribution in [2.45, 2.75) is 18.6 Å². The number of amides is 2. The minimum Gasteiger partial charge on any atom is -0.493 e. The van der Waals surface area contributed by atoms with E-state index in [4.69, 9.17) is 24.1 Å². The topological polar surface area (TPSA) is 123 Å². The van der Waals surface area contributed by atoms with E-state index in [0.29, 0.717) is 30.0 Å². The van der Waals surface area contributed by atoms with Crippen LogP contribution in [-0.4, -0.2) is 56.9 Å². The van der Waals surface area contributed by atoms with Gasteiger partial charge in [-0.2, -0.15) is 0 Å². The second-order valence-corrected chi connectivity index (χ2v) is 6.52. The highest BCUT2D eigenvalue weighted by molar-refractivity contribution is 5.86. The maximum absolute atomic E-state index is 12.7. The Labute approximate surface area is 180 Å². The summed E-state index contributed by atoms with van der Waals surface area (Å²) in [6, 6.07) is 14.5. The zero-order valence-corrected chi connectivity index (χ0v) is 17.4. The Balaban J connectivity index is 0.00000107. The Kier molecular flexibility index (Phi) is 9.31. The standard InChI is InChI=1S/C21H24N2O5.CH2O2/c1-26-16-9-8-15(12-17(16)27-2)19-20(28-13-18(24)23-19)21(25)22-11-10-14-6-4-3-5-7-14;2-1-3/h3-9,12,19-20H,10-11,13H2,1-2H3,(H,22,25)(H,23,24);1H,(H,2,3)/t19-,20+;/m1./s1. The first-order valence-electron chi connectivity index (χ1n) is 9.56. The van der Waals surface area contributed by atoms with Gasteiger partial charge in [0.1, 0.15) is 6.61 Å². The molecule has 9 nitrogen and oxygen atoms in total. The monoisotopic (exact) mass is 430 g/mol. The fourth-order valence-electron chi connectivity index (χ4n) is 3.16. The van der Waals surface area contributed by atoms with Crippen LogP contribution in [0, 0.1) is 0 Å². The first kappa shape index (κ1) is 23.7. The van der Waals surface area contributed by atoms with Crippen LogP contribution in [0.1, 0.15) is 17.2 Å². The molecule has 2 amide bonds. The molecule has 2 aromatic carbocycles. The van der Waals surface area contributed by atoms with Gasteiger partial charge in [-0.15, -0.1) is 0 Å². The SMILES string of the molecule is COc1ccc([C@H]2NC(=O)CO[C@@H]2C(=O)NCCc2ccccc2)cc1OC.O=CO. The molecule has 0 aromatic heterocycles. The number of rotatable bonds is 7. The molecule has 166 valence electrons. The molecule has 0 spiro atoms. The predicted molar refractivity (Wildman–Crippen MR) is 112 cm³/mol. The van der Waals surface area contributed by atoms with E-state index in [-0.39, 0.29) is 24.9 Å². The predicted octanol–water partition coefficient (Wildman–Crippen LogP) is 1.32. The highest BCUT2D eigenvalue weighted by Gasteiger charge is 2.36. The van der Waals surface area contributed by atoms with Crippen molar-refractivity contribution in [2.75, 3.05) is 27.4 Å². The number of morpholine rings is 1. The Morgan fingerprint density at radius 1 is 1.19 bits per heavy atom. The molecule has 31 heavy (non-hydrogen) atoms. The number of methoxy groups -OCH3 is 2. The van der Waals surface area contributed by atoms with Crippen molar-refractivity contribution in [3.63, 3.8) is 0 Å². The normalized spacial score (nSPS) is 17.4. The molecule has 3 N–H and O–H groups in total. The molecular weight excluding hydrogens is 404 g/mol. The van der Waals surface area contributed by atoms with Crippen LogP contribution in [0.25, 0.3) is 0 Å². The lowest BCUT2D eigenvalue weighted by molar-refractivity contribution is -0.148. The van der Waals surface area contributed by atoms with E-state index >= 15 is 0 Å². The van der Waals surface area contributed by atoms with Crippen LogP contribution in [-0.2, 0) is 25.5 Å². The average Bonchev–Trinajstić information content (AvgIpc) is 2.79. The van der Waals surface area contributed by atoms with Gasteiger partial charge in [0.25, 0.3) is 12.4 Å². The number of hydrogen-bond donors (Lipinski definition) is 3. The molecule has 0 unspecified atom stereocenters. The Hall–Kier alpha value is -3.59. The molecule has 0 bridgehead atoms. The van der Waals surface area contributed by atoms with Crippen molar-refractivity contribution < 1.29 is 33.7 Å². The summed E-state index contributed by atoms with van der Waals surface area (Å²) in [4.78, 5) is 32.9. The molecule has 1 fully saturated rings. The number of carboxylic acid groups (broad SMARTS) is 1. The van der Waals surface area contributed by atoms with Gasteiger partial charge in [0.15, 0.2) is 17.6 Å². The summed E-state index contributed by atoms with van der Waals surface area (Å²) in [6.45, 7) is 0.0792. The van der Waals surface area contributed by atoms with E-state index < -0.39 is 12.1 Å². The van der Waals surface area contributed by atoms with E-state index in [2.05, 4.69) is 10.6 Å². The number of benzene rings is 2. The third kappa shape index (κ3) is 6.71. The third-order valence-electron chi connectivity index (χ3n) is 4.59. The molecule has 0 radical (unpaired) electrons. The van der Waals surface area contributed by atoms with Crippen LogP contribution < -0.4 is 20.1 Å². The first-order valence-corrected chi connectivity index (χ1v) is 9.56. The van der Waals surface area contributed by atoms with Crippen molar-refractivity contribution in [1.82, 2.24) is 10.6 Å². The number of ether oxygens (including phenoxy) is 3. The second-order valence-electron chi connectivity index (χ2n) is 6.52. The molecule has 2 atom stereocenters. The first-order chi connectivity index (χ1) is 15.0. The molecule has 2 aromatic rings. The minimum absolute atomic E-state index is 0.152. The lowest BCUT2D eigenvalue weighted by atomic mass is 9.98. The number of hydrogen-bond acceptors (Lipinski definition) is 6. The van der Waals surface area contributed by atoms with Crippen LogP contribution in [0.2, 0.25) is 0 Å². The van der Waals surface area contributed by atoms with Gasteiger partial charge in [-0.3, -0.25) is 14.4 Å². The van der Waals surface area contributed by atoms with Crippen LogP contribution in [0.4, 0.5) is 0 Å². The van der Waals surface area contributed by atoms with Crippen LogP contribution in [0.3, 0.4) is 0 Å². The number of carbonyl (C=O) groups excluding carboxylic acids is 2. The Bertz CT molecular complexity index is 873. The highest BCUT2D eigenvalue weighted by Crippen LogP contribution is 2.32. The van der Waals surface area contributed by atoms with E-state index in [1.165, 1.54) is 7.11 Å². The average molecular weight is 430 g/mol. The lowest BCUT2D eigenvalue weighted by Gasteiger charge is -2.32. The van der Waals surface area contributed by atoms with Crippen LogP contribution in [0.5, 0.6) is 11.5 Å². The van der Waals surface area contributed by atoms with E-state index in [9.17, 15) is 9.59 Å². The van der Waals surface area contributed by atoms with Crippen molar-refractivity contribution >= 4 is 18.3 Å². The van der Waals surface area contributed by atoms with Gasteiger partial charge in [0.2, 0.25) is 5.91 Å². The van der Waals surface area contributed by atoms with Crippen molar-refractivity contribution in [3.8, 4) is 11.5 Å². The maximum Gasteiger partial charge on any atom is 0.290 e. The maximum atomic E-state index is 12.7. The quantitative estimate of drug-likeness (QED) is 0.566. The Morgan fingerprint density at radius 2 is 1.87 bits per heavy atom. The molecule has 1 saturated heterocycles. The molecule has 3 rings (SSSR count). The molecule has 1 aliphatic heterocycles. The summed E-state index contributed by atoms with van der Waals surface area (Å²) in [6.07, 6.45) is -0.112. The molecule has 1 aliphatic rings. The van der Waals surface area contributed by atoms with Crippen molar-refractivity contribution in [3.05, 3.63) is 59.7 Å². The summed E-state index contributed by atoms with van der Waals surface area (Å²) >= 11 is 0. The zero-order chi connectivity index (χ0) is 22.6. The number of nitrogens with one attached hydrogen (secondary N) is 2. The molecule has 0 saturated carbocycles. The van der Waals surface area contributed by atoms with Gasteiger partial charge in [-0.1, -0.05) is 36.4 Å². The summed E-state index contributed by atoms with van der Waals surface area (Å²) in [5, 5.41) is 12.6. The smallest absolute Gasteiger partial charge is 0.290 e. The van der Waals surface area contributed by atoms with Crippen LogP contribution in [0.15, 0.2) is 48.5 Å². The third-order valence-corrected chi connectivity index (χ3v) is 4.59. The largest absolute Gasteiger partial charge is 0.493 e. The van der Waals surface area contributed by atoms with E-state index in [0.717, 1.165) is 5.56 Å². The zero-order valence-electron chi connectivity index (χ0n) is 17.4. The summed E-state index contributed by atoms with van der Waals surface area (Å²) < 4.78 is 16.1. The van der Waals surface area contributed by atoms with E-state index in [1.807, 2.05) is 30.3 Å². The van der Waals surface area contributed by atoms with Gasteiger partial charge in [-0.25, -0.2) is 0 Å². The van der Waals surface area contributed by atoms with E-state index in [1.54, 1.807) is 25.3 Å². The van der Waals surface area contributed by atoms with Crippen molar-refractivity contribution in [1.29, 1.82) is 0 Å². The molecule has 1 heterocycles. The lowest BCUT2D eigenvalue weighted by Crippen LogP contribution is -2.52. The van der Waals surface area contributed by atoms with Gasteiger partial charge in [-0.05, 0) is 29.7 Å². The van der Waals surface area contributed by atoms with Gasteiger partial charge in [0.05, 0.1) is 20.3 Å². The fourth-order valence-corrected chi connectivity index (χ4v) is 3.16. The van der Waals surface area contributed by atoms with Crippen LogP contribution >= 0.6 is 0 Å². The van der Waals surface area contributed by atoms with Gasteiger partial charge >= 0.3 is 0 Å².